The lowest BCUT2D eigenvalue weighted by Crippen LogP contribution is -2.33. The van der Waals surface area contributed by atoms with Crippen molar-refractivity contribution in [3.05, 3.63) is 6.92 Å². The summed E-state index contributed by atoms with van der Waals surface area (Å²) in [4.78, 5) is 0. The van der Waals surface area contributed by atoms with E-state index in [1.807, 2.05) is 0 Å². The first-order valence-corrected chi connectivity index (χ1v) is 4.87. The molecule has 0 N–H and O–H groups in total. The highest BCUT2D eigenvalue weighted by Gasteiger charge is 2.33. The van der Waals surface area contributed by atoms with E-state index in [1.165, 1.54) is 6.42 Å². The van der Waals surface area contributed by atoms with Crippen molar-refractivity contribution in [2.45, 2.75) is 34.1 Å². The van der Waals surface area contributed by atoms with Gasteiger partial charge in [0.1, 0.15) is 0 Å². The maximum Gasteiger partial charge on any atom is -0.0383 e. The Morgan fingerprint density at radius 1 is 0.909 bits per heavy atom. The summed E-state index contributed by atoms with van der Waals surface area (Å²) < 4.78 is 0. The van der Waals surface area contributed by atoms with Crippen LogP contribution in [0, 0.1) is 36.5 Å². The Labute approximate surface area is 71.4 Å². The van der Waals surface area contributed by atoms with E-state index in [1.54, 1.807) is 0 Å². The largest absolute Gasteiger partial charge is 0.0622 e. The quantitative estimate of drug-likeness (QED) is 0.500. The van der Waals surface area contributed by atoms with Gasteiger partial charge in [-0.2, -0.15) is 0 Å². The van der Waals surface area contributed by atoms with Crippen molar-refractivity contribution in [2.75, 3.05) is 0 Å². The van der Waals surface area contributed by atoms with Crippen molar-refractivity contribution in [1.29, 1.82) is 0 Å². The summed E-state index contributed by atoms with van der Waals surface area (Å²) in [7, 11) is 0. The molecule has 0 nitrogen and oxygen atoms in total. The van der Waals surface area contributed by atoms with Crippen LogP contribution in [-0.4, -0.2) is 0 Å². The monoisotopic (exact) mass is 153 g/mol. The lowest BCUT2D eigenvalue weighted by molar-refractivity contribution is 0.0980. The van der Waals surface area contributed by atoms with Gasteiger partial charge in [-0.25, -0.2) is 0 Å². The van der Waals surface area contributed by atoms with E-state index < -0.39 is 0 Å². The van der Waals surface area contributed by atoms with Crippen molar-refractivity contribution in [3.63, 3.8) is 0 Å². The van der Waals surface area contributed by atoms with Crippen LogP contribution >= 0.6 is 0 Å². The third kappa shape index (κ3) is 1.60. The van der Waals surface area contributed by atoms with Crippen molar-refractivity contribution in [3.8, 4) is 0 Å². The molecule has 0 aromatic rings. The van der Waals surface area contributed by atoms with E-state index in [4.69, 9.17) is 0 Å². The fraction of sp³-hybridized carbons (Fsp3) is 0.909. The molecule has 0 saturated heterocycles. The highest BCUT2D eigenvalue weighted by Crippen LogP contribution is 2.40. The van der Waals surface area contributed by atoms with Gasteiger partial charge in [0.25, 0.3) is 0 Å². The average molecular weight is 153 g/mol. The summed E-state index contributed by atoms with van der Waals surface area (Å²) in [5.41, 5.74) is 0. The van der Waals surface area contributed by atoms with Crippen LogP contribution in [0.25, 0.3) is 0 Å². The molecule has 0 heteroatoms. The molecule has 5 atom stereocenters. The SMILES string of the molecule is [CH2]C1CC(C)C(C)C(C)C1C. The Bertz CT molecular complexity index is 114. The van der Waals surface area contributed by atoms with Crippen LogP contribution < -0.4 is 0 Å². The van der Waals surface area contributed by atoms with Crippen LogP contribution in [-0.2, 0) is 0 Å². The molecular formula is C11H21. The number of rotatable bonds is 0. The normalized spacial score (nSPS) is 52.6. The molecular weight excluding hydrogens is 132 g/mol. The fourth-order valence-electron chi connectivity index (χ4n) is 2.33. The molecule has 5 unspecified atom stereocenters. The predicted octanol–water partition coefficient (Wildman–Crippen LogP) is 3.38. The van der Waals surface area contributed by atoms with Crippen LogP contribution in [0.15, 0.2) is 0 Å². The zero-order valence-corrected chi connectivity index (χ0v) is 8.30. The summed E-state index contributed by atoms with van der Waals surface area (Å²) in [5, 5.41) is 0. The lowest BCUT2D eigenvalue weighted by Gasteiger charge is -2.41. The molecule has 1 radical (unpaired) electrons. The van der Waals surface area contributed by atoms with Crippen molar-refractivity contribution in [1.82, 2.24) is 0 Å². The first kappa shape index (κ1) is 9.09. The second-order valence-corrected chi connectivity index (χ2v) is 4.55. The van der Waals surface area contributed by atoms with E-state index in [0.29, 0.717) is 5.92 Å². The van der Waals surface area contributed by atoms with Gasteiger partial charge < -0.3 is 0 Å². The second kappa shape index (κ2) is 3.16. The molecule has 1 fully saturated rings. The fourth-order valence-corrected chi connectivity index (χ4v) is 2.33. The van der Waals surface area contributed by atoms with Crippen LogP contribution in [0.2, 0.25) is 0 Å². The minimum Gasteiger partial charge on any atom is -0.0622 e. The van der Waals surface area contributed by atoms with Gasteiger partial charge in [-0.3, -0.25) is 0 Å². The van der Waals surface area contributed by atoms with Gasteiger partial charge in [0.2, 0.25) is 0 Å². The molecule has 0 heterocycles. The van der Waals surface area contributed by atoms with Gasteiger partial charge in [0.05, 0.1) is 0 Å². The molecule has 0 aliphatic heterocycles. The molecule has 0 spiro atoms. The first-order chi connectivity index (χ1) is 5.04. The summed E-state index contributed by atoms with van der Waals surface area (Å²) in [6.07, 6.45) is 1.33. The van der Waals surface area contributed by atoms with Gasteiger partial charge in [-0.15, -0.1) is 0 Å². The topological polar surface area (TPSA) is 0 Å². The molecule has 1 rings (SSSR count). The molecule has 0 bridgehead atoms. The zero-order valence-electron chi connectivity index (χ0n) is 8.30. The summed E-state index contributed by atoms with van der Waals surface area (Å²) in [6.45, 7) is 13.7. The van der Waals surface area contributed by atoms with E-state index >= 15 is 0 Å². The van der Waals surface area contributed by atoms with Crippen LogP contribution in [0.3, 0.4) is 0 Å². The Hall–Kier alpha value is 0. The molecule has 11 heavy (non-hydrogen) atoms. The van der Waals surface area contributed by atoms with Crippen molar-refractivity contribution in [2.24, 2.45) is 29.6 Å². The Morgan fingerprint density at radius 3 is 2.00 bits per heavy atom. The van der Waals surface area contributed by atoms with E-state index in [-0.39, 0.29) is 0 Å². The summed E-state index contributed by atoms with van der Waals surface area (Å²) in [5.74, 6) is 4.14. The Balaban J connectivity index is 2.63. The van der Waals surface area contributed by atoms with Crippen LogP contribution in [0.5, 0.6) is 0 Å². The molecule has 0 aromatic heterocycles. The van der Waals surface area contributed by atoms with Gasteiger partial charge >= 0.3 is 0 Å². The van der Waals surface area contributed by atoms with Gasteiger partial charge in [-0.05, 0) is 42.9 Å². The summed E-state index contributed by atoms with van der Waals surface area (Å²) in [6, 6.07) is 0. The zero-order chi connectivity index (χ0) is 8.59. The average Bonchev–Trinajstić information content (AvgIpc) is 1.97. The molecule has 0 amide bonds. The molecule has 1 saturated carbocycles. The van der Waals surface area contributed by atoms with Crippen LogP contribution in [0.1, 0.15) is 34.1 Å². The number of hydrogen-bond donors (Lipinski definition) is 0. The smallest absolute Gasteiger partial charge is 0.0383 e. The third-order valence-electron chi connectivity index (χ3n) is 3.97. The standard InChI is InChI=1S/C11H21/c1-7-6-8(2)10(4)11(5)9(7)3/h7-11H,1,6H2,2-5H3. The minimum absolute atomic E-state index is 0.691. The molecule has 0 aromatic carbocycles. The maximum atomic E-state index is 4.21. The third-order valence-corrected chi connectivity index (χ3v) is 3.97. The van der Waals surface area contributed by atoms with Crippen LogP contribution in [0.4, 0.5) is 0 Å². The van der Waals surface area contributed by atoms with E-state index in [0.717, 1.165) is 23.7 Å². The Morgan fingerprint density at radius 2 is 1.45 bits per heavy atom. The van der Waals surface area contributed by atoms with Crippen molar-refractivity contribution < 1.29 is 0 Å². The van der Waals surface area contributed by atoms with E-state index in [9.17, 15) is 0 Å². The summed E-state index contributed by atoms with van der Waals surface area (Å²) >= 11 is 0. The van der Waals surface area contributed by atoms with Gasteiger partial charge in [0, 0.05) is 0 Å². The van der Waals surface area contributed by atoms with Gasteiger partial charge in [-0.1, -0.05) is 27.7 Å². The predicted molar refractivity (Wildman–Crippen MR) is 50.1 cm³/mol. The highest BCUT2D eigenvalue weighted by atomic mass is 14.4. The molecule has 65 valence electrons. The second-order valence-electron chi connectivity index (χ2n) is 4.55. The maximum absolute atomic E-state index is 4.21. The molecule has 1 aliphatic rings. The van der Waals surface area contributed by atoms with Crippen molar-refractivity contribution >= 4 is 0 Å². The molecule has 1 aliphatic carbocycles. The number of hydrogen-bond acceptors (Lipinski definition) is 0. The van der Waals surface area contributed by atoms with Gasteiger partial charge in [0.15, 0.2) is 0 Å². The lowest BCUT2D eigenvalue weighted by atomic mass is 9.65. The Kier molecular flexibility index (Phi) is 2.61. The first-order valence-electron chi connectivity index (χ1n) is 4.87. The van der Waals surface area contributed by atoms with E-state index in [2.05, 4.69) is 34.6 Å². The minimum atomic E-state index is 0.691. The highest BCUT2D eigenvalue weighted by molar-refractivity contribution is 4.85.